The SMILES string of the molecule is CCOC(=O)[C@@H]1CCC(=O)N1c1ccc(C(=O)OC)cc1/C=N/OCc1ccccc1. The van der Waals surface area contributed by atoms with Crippen LogP contribution in [-0.4, -0.2) is 43.8 Å². The molecule has 162 valence electrons. The largest absolute Gasteiger partial charge is 0.465 e. The van der Waals surface area contributed by atoms with E-state index in [1.54, 1.807) is 19.1 Å². The lowest BCUT2D eigenvalue weighted by atomic mass is 10.1. The Balaban J connectivity index is 1.89. The molecule has 1 saturated heterocycles. The summed E-state index contributed by atoms with van der Waals surface area (Å²) >= 11 is 0. The van der Waals surface area contributed by atoms with Crippen molar-refractivity contribution >= 4 is 29.7 Å². The van der Waals surface area contributed by atoms with Gasteiger partial charge in [0, 0.05) is 12.0 Å². The molecule has 0 bridgehead atoms. The van der Waals surface area contributed by atoms with E-state index in [0.717, 1.165) is 5.56 Å². The van der Waals surface area contributed by atoms with E-state index in [1.165, 1.54) is 24.3 Å². The van der Waals surface area contributed by atoms with E-state index in [0.29, 0.717) is 17.7 Å². The average molecular weight is 424 g/mol. The van der Waals surface area contributed by atoms with Gasteiger partial charge in [0.1, 0.15) is 12.6 Å². The Morgan fingerprint density at radius 1 is 1.19 bits per heavy atom. The molecule has 1 aliphatic rings. The number of benzene rings is 2. The van der Waals surface area contributed by atoms with E-state index in [4.69, 9.17) is 14.3 Å². The molecule has 31 heavy (non-hydrogen) atoms. The van der Waals surface area contributed by atoms with Crippen molar-refractivity contribution < 1.29 is 28.7 Å². The Bertz CT molecular complexity index is 973. The zero-order valence-corrected chi connectivity index (χ0v) is 17.4. The highest BCUT2D eigenvalue weighted by Gasteiger charge is 2.39. The Morgan fingerprint density at radius 3 is 2.68 bits per heavy atom. The summed E-state index contributed by atoms with van der Waals surface area (Å²) in [5, 5.41) is 4.00. The lowest BCUT2D eigenvalue weighted by molar-refractivity contribution is -0.144. The number of carbonyl (C=O) groups excluding carboxylic acids is 3. The van der Waals surface area contributed by atoms with Crippen LogP contribution in [0.15, 0.2) is 53.7 Å². The molecule has 0 N–H and O–H groups in total. The number of carbonyl (C=O) groups is 3. The monoisotopic (exact) mass is 424 g/mol. The molecule has 8 heteroatoms. The molecule has 2 aromatic rings. The van der Waals surface area contributed by atoms with Gasteiger partial charge in [-0.2, -0.15) is 0 Å². The Morgan fingerprint density at radius 2 is 1.97 bits per heavy atom. The van der Waals surface area contributed by atoms with Crippen molar-refractivity contribution in [3.05, 3.63) is 65.2 Å². The van der Waals surface area contributed by atoms with Crippen LogP contribution in [0.2, 0.25) is 0 Å². The Labute approximate surface area is 180 Å². The first-order valence-electron chi connectivity index (χ1n) is 9.95. The van der Waals surface area contributed by atoms with Crippen LogP contribution >= 0.6 is 0 Å². The van der Waals surface area contributed by atoms with Crippen LogP contribution in [0.25, 0.3) is 0 Å². The first-order chi connectivity index (χ1) is 15.0. The predicted molar refractivity (Wildman–Crippen MR) is 114 cm³/mol. The lowest BCUT2D eigenvalue weighted by Crippen LogP contribution is -2.40. The number of rotatable bonds is 8. The maximum Gasteiger partial charge on any atom is 0.337 e. The summed E-state index contributed by atoms with van der Waals surface area (Å²) in [4.78, 5) is 43.7. The molecule has 1 atom stereocenters. The summed E-state index contributed by atoms with van der Waals surface area (Å²) < 4.78 is 9.91. The standard InChI is InChI=1S/C23H24N2O6/c1-3-30-23(28)20-11-12-21(26)25(20)19-10-9-17(22(27)29-2)13-18(19)14-24-31-15-16-7-5-4-6-8-16/h4-10,13-14,20H,3,11-12,15H2,1-2H3/b24-14+/t20-/m0/s1. The lowest BCUT2D eigenvalue weighted by Gasteiger charge is -2.25. The van der Waals surface area contributed by atoms with Crippen molar-refractivity contribution in [3.63, 3.8) is 0 Å². The van der Waals surface area contributed by atoms with E-state index >= 15 is 0 Å². The molecule has 3 rings (SSSR count). The van der Waals surface area contributed by atoms with Crippen LogP contribution < -0.4 is 4.90 Å². The fraction of sp³-hybridized carbons (Fsp3) is 0.304. The van der Waals surface area contributed by atoms with Crippen molar-refractivity contribution in [2.24, 2.45) is 5.16 Å². The number of hydrogen-bond acceptors (Lipinski definition) is 7. The highest BCUT2D eigenvalue weighted by molar-refractivity contribution is 6.06. The predicted octanol–water partition coefficient (Wildman–Crippen LogP) is 3.08. The van der Waals surface area contributed by atoms with Crippen molar-refractivity contribution in [1.29, 1.82) is 0 Å². The van der Waals surface area contributed by atoms with Gasteiger partial charge in [0.25, 0.3) is 0 Å². The second-order valence-electron chi connectivity index (χ2n) is 6.83. The van der Waals surface area contributed by atoms with Gasteiger partial charge in [0.15, 0.2) is 0 Å². The molecule has 0 radical (unpaired) electrons. The molecule has 0 unspecified atom stereocenters. The minimum atomic E-state index is -0.728. The number of anilines is 1. The van der Waals surface area contributed by atoms with E-state index in [1.807, 2.05) is 30.3 Å². The highest BCUT2D eigenvalue weighted by atomic mass is 16.6. The van der Waals surface area contributed by atoms with E-state index in [-0.39, 0.29) is 31.1 Å². The van der Waals surface area contributed by atoms with E-state index < -0.39 is 18.0 Å². The van der Waals surface area contributed by atoms with Crippen LogP contribution in [0.3, 0.4) is 0 Å². The molecule has 0 aromatic heterocycles. The van der Waals surface area contributed by atoms with Crippen LogP contribution in [-0.2, 0) is 30.5 Å². The maximum absolute atomic E-state index is 12.6. The van der Waals surface area contributed by atoms with E-state index in [9.17, 15) is 14.4 Å². The molecular formula is C23H24N2O6. The van der Waals surface area contributed by atoms with Crippen LogP contribution in [0.5, 0.6) is 0 Å². The molecule has 2 aromatic carbocycles. The minimum Gasteiger partial charge on any atom is -0.465 e. The highest BCUT2D eigenvalue weighted by Crippen LogP contribution is 2.30. The topological polar surface area (TPSA) is 94.5 Å². The first-order valence-corrected chi connectivity index (χ1v) is 9.95. The molecule has 0 aliphatic carbocycles. The second-order valence-corrected chi connectivity index (χ2v) is 6.83. The molecule has 0 saturated carbocycles. The van der Waals surface area contributed by atoms with Gasteiger partial charge in [-0.05, 0) is 37.1 Å². The summed E-state index contributed by atoms with van der Waals surface area (Å²) in [6.45, 7) is 2.20. The zero-order chi connectivity index (χ0) is 22.2. The summed E-state index contributed by atoms with van der Waals surface area (Å²) in [6.07, 6.45) is 2.00. The molecule has 1 amide bonds. The summed E-state index contributed by atoms with van der Waals surface area (Å²) in [5.41, 5.74) is 2.12. The van der Waals surface area contributed by atoms with Crippen molar-refractivity contribution in [2.75, 3.05) is 18.6 Å². The number of methoxy groups -OCH3 is 1. The number of amides is 1. The van der Waals surface area contributed by atoms with Gasteiger partial charge in [0.05, 0.1) is 31.2 Å². The normalized spacial score (nSPS) is 15.9. The van der Waals surface area contributed by atoms with Crippen LogP contribution in [0.4, 0.5) is 5.69 Å². The zero-order valence-electron chi connectivity index (χ0n) is 17.4. The van der Waals surface area contributed by atoms with Gasteiger partial charge in [-0.25, -0.2) is 9.59 Å². The second kappa shape index (κ2) is 10.4. The van der Waals surface area contributed by atoms with Gasteiger partial charge >= 0.3 is 11.9 Å². The maximum atomic E-state index is 12.6. The first kappa shape index (κ1) is 22.0. The quantitative estimate of drug-likeness (QED) is 0.367. The molecule has 8 nitrogen and oxygen atoms in total. The van der Waals surface area contributed by atoms with Crippen molar-refractivity contribution in [3.8, 4) is 0 Å². The molecule has 1 heterocycles. The third-order valence-electron chi connectivity index (χ3n) is 4.82. The fourth-order valence-electron chi connectivity index (χ4n) is 3.35. The molecule has 1 fully saturated rings. The summed E-state index contributed by atoms with van der Waals surface area (Å²) in [5.74, 6) is -1.20. The van der Waals surface area contributed by atoms with Crippen LogP contribution in [0, 0.1) is 0 Å². The van der Waals surface area contributed by atoms with Gasteiger partial charge in [-0.15, -0.1) is 0 Å². The van der Waals surface area contributed by atoms with Gasteiger partial charge in [-0.1, -0.05) is 35.5 Å². The van der Waals surface area contributed by atoms with Gasteiger partial charge in [0.2, 0.25) is 5.91 Å². The molecule has 0 spiro atoms. The summed E-state index contributed by atoms with van der Waals surface area (Å²) in [7, 11) is 1.29. The number of hydrogen-bond donors (Lipinski definition) is 0. The molecule has 1 aliphatic heterocycles. The third-order valence-corrected chi connectivity index (χ3v) is 4.82. The van der Waals surface area contributed by atoms with Crippen molar-refractivity contribution in [1.82, 2.24) is 0 Å². The smallest absolute Gasteiger partial charge is 0.337 e. The number of ether oxygens (including phenoxy) is 2. The fourth-order valence-corrected chi connectivity index (χ4v) is 3.35. The summed E-state index contributed by atoms with van der Waals surface area (Å²) in [6, 6.07) is 13.5. The number of nitrogens with zero attached hydrogens (tertiary/aromatic N) is 2. The number of esters is 2. The van der Waals surface area contributed by atoms with Gasteiger partial charge in [-0.3, -0.25) is 9.69 Å². The van der Waals surface area contributed by atoms with E-state index in [2.05, 4.69) is 5.16 Å². The van der Waals surface area contributed by atoms with Crippen LogP contribution in [0.1, 0.15) is 41.3 Å². The third kappa shape index (κ3) is 5.28. The Hall–Kier alpha value is -3.68. The minimum absolute atomic E-state index is 0.205. The Kier molecular flexibility index (Phi) is 7.37. The number of oxime groups is 1. The van der Waals surface area contributed by atoms with Crippen molar-refractivity contribution in [2.45, 2.75) is 32.4 Å². The molecular weight excluding hydrogens is 400 g/mol. The van der Waals surface area contributed by atoms with Gasteiger partial charge < -0.3 is 14.3 Å². The average Bonchev–Trinajstić information content (AvgIpc) is 3.18.